The monoisotopic (exact) mass is 176 g/mol. The van der Waals surface area contributed by atoms with Gasteiger partial charge < -0.3 is 5.11 Å². The van der Waals surface area contributed by atoms with Crippen LogP contribution in [-0.2, 0) is 10.4 Å². The predicted octanol–water partition coefficient (Wildman–Crippen LogP) is -1.84. The fourth-order valence-corrected chi connectivity index (χ4v) is 0. The lowest BCUT2D eigenvalue weighted by atomic mass is 10.9. The molecule has 0 radical (unpaired) electrons. The van der Waals surface area contributed by atoms with Crippen LogP contribution in [0.25, 0.3) is 0 Å². The fourth-order valence-electron chi connectivity index (χ4n) is 0. The van der Waals surface area contributed by atoms with Gasteiger partial charge in [0.15, 0.2) is 0 Å². The molecule has 0 unspecified atom stereocenters. The van der Waals surface area contributed by atoms with E-state index in [1.54, 1.807) is 6.92 Å². The second kappa shape index (κ2) is 11.5. The maximum atomic E-state index is 8.74. The van der Waals surface area contributed by atoms with Gasteiger partial charge in [0.2, 0.25) is 0 Å². The molecule has 0 amide bonds. The molecule has 0 bridgehead atoms. The molecule has 0 saturated carbocycles. The van der Waals surface area contributed by atoms with Crippen LogP contribution in [0.15, 0.2) is 0 Å². The Hall–Kier alpha value is -0.250. The van der Waals surface area contributed by atoms with Gasteiger partial charge in [-0.05, 0) is 6.92 Å². The first-order valence-electron chi connectivity index (χ1n) is 2.06. The Morgan fingerprint density at radius 1 is 1.30 bits per heavy atom. The predicted molar refractivity (Wildman–Crippen MR) is 35.3 cm³/mol. The zero-order valence-electron chi connectivity index (χ0n) is 5.43. The van der Waals surface area contributed by atoms with Crippen LogP contribution in [0.5, 0.6) is 0 Å². The van der Waals surface area contributed by atoms with Crippen molar-refractivity contribution in [3.05, 3.63) is 0 Å². The number of hydrazine groups is 1. The lowest BCUT2D eigenvalue weighted by Crippen LogP contribution is -2.02. The first-order valence-corrected chi connectivity index (χ1v) is 3.45. The largest absolute Gasteiger partial charge is 0.397 e. The van der Waals surface area contributed by atoms with Crippen LogP contribution in [-0.4, -0.2) is 29.2 Å². The summed E-state index contributed by atoms with van der Waals surface area (Å²) < 4.78 is 31.6. The Morgan fingerprint density at radius 3 is 1.30 bits per heavy atom. The van der Waals surface area contributed by atoms with Crippen molar-refractivity contribution < 1.29 is 22.6 Å². The van der Waals surface area contributed by atoms with Crippen molar-refractivity contribution in [3.63, 3.8) is 0 Å². The van der Waals surface area contributed by atoms with Crippen LogP contribution in [0.3, 0.4) is 0 Å². The van der Waals surface area contributed by atoms with E-state index in [4.69, 9.17) is 22.6 Å². The fraction of sp³-hybridized carbons (Fsp3) is 1.00. The minimum absolute atomic E-state index is 0.250. The molecule has 0 heterocycles. The van der Waals surface area contributed by atoms with Gasteiger partial charge in [0.05, 0.1) is 0 Å². The summed E-state index contributed by atoms with van der Waals surface area (Å²) in [5.41, 5.74) is 0. The maximum absolute atomic E-state index is 8.74. The number of hydrogen-bond donors (Lipinski definition) is 5. The second-order valence-corrected chi connectivity index (χ2v) is 1.66. The van der Waals surface area contributed by atoms with Crippen LogP contribution < -0.4 is 11.7 Å². The Morgan fingerprint density at radius 2 is 1.30 bits per heavy atom. The molecule has 0 spiro atoms. The van der Waals surface area contributed by atoms with E-state index < -0.39 is 10.4 Å². The van der Waals surface area contributed by atoms with E-state index in [-0.39, 0.29) is 6.61 Å². The number of aliphatic hydroxyl groups is 1. The summed E-state index contributed by atoms with van der Waals surface area (Å²) in [5, 5.41) is 7.57. The molecule has 0 fully saturated rings. The summed E-state index contributed by atoms with van der Waals surface area (Å²) >= 11 is 0. The summed E-state index contributed by atoms with van der Waals surface area (Å²) in [6.45, 7) is 1.93. The van der Waals surface area contributed by atoms with Crippen LogP contribution in [0, 0.1) is 0 Å². The zero-order valence-corrected chi connectivity index (χ0v) is 6.24. The average Bonchev–Trinajstić information content (AvgIpc) is 1.68. The van der Waals surface area contributed by atoms with E-state index in [9.17, 15) is 0 Å². The van der Waals surface area contributed by atoms with E-state index in [1.807, 2.05) is 0 Å². The molecule has 7 N–H and O–H groups in total. The highest BCUT2D eigenvalue weighted by Crippen LogP contribution is 1.59. The van der Waals surface area contributed by atoms with Crippen LogP contribution in [0.1, 0.15) is 6.92 Å². The first kappa shape index (κ1) is 16.4. The molecule has 0 aromatic carbocycles. The molecule has 66 valence electrons. The molecule has 0 aliphatic heterocycles. The molecule has 0 aliphatic carbocycles. The second-order valence-electron chi connectivity index (χ2n) is 0.764. The Bertz CT molecular complexity index is 112. The van der Waals surface area contributed by atoms with Crippen molar-refractivity contribution in [1.82, 2.24) is 0 Å². The Balaban J connectivity index is -0.0000000847. The van der Waals surface area contributed by atoms with Gasteiger partial charge in [0, 0.05) is 6.61 Å². The van der Waals surface area contributed by atoms with Crippen LogP contribution in [0.2, 0.25) is 0 Å². The van der Waals surface area contributed by atoms with E-state index in [0.717, 1.165) is 0 Å². The molecular weight excluding hydrogens is 164 g/mol. The third-order valence-corrected chi connectivity index (χ3v) is 0. The molecular formula is C2H12N2O5S. The summed E-state index contributed by atoms with van der Waals surface area (Å²) in [4.78, 5) is 0. The topological polar surface area (TPSA) is 147 Å². The van der Waals surface area contributed by atoms with Gasteiger partial charge in [-0.3, -0.25) is 20.8 Å². The quantitative estimate of drug-likeness (QED) is 0.165. The lowest BCUT2D eigenvalue weighted by Gasteiger charge is -1.68. The van der Waals surface area contributed by atoms with Gasteiger partial charge in [-0.2, -0.15) is 8.42 Å². The van der Waals surface area contributed by atoms with E-state index in [1.165, 1.54) is 0 Å². The van der Waals surface area contributed by atoms with Crippen molar-refractivity contribution in [2.24, 2.45) is 11.7 Å². The summed E-state index contributed by atoms with van der Waals surface area (Å²) in [6.07, 6.45) is 0. The number of rotatable bonds is 0. The SMILES string of the molecule is CCO.NN.O=S(=O)(O)O. The third-order valence-electron chi connectivity index (χ3n) is 0. The van der Waals surface area contributed by atoms with Crippen molar-refractivity contribution >= 4 is 10.4 Å². The third kappa shape index (κ3) is 5650. The van der Waals surface area contributed by atoms with E-state index in [2.05, 4.69) is 11.7 Å². The van der Waals surface area contributed by atoms with Crippen molar-refractivity contribution in [2.45, 2.75) is 6.92 Å². The standard InChI is InChI=1S/C2H6O.H4N2.H2O4S/c1-2-3;1-2;1-5(2,3)4/h3H,2H2,1H3;1-2H2;(H2,1,2,3,4). The smallest absolute Gasteiger partial charge is 0.394 e. The maximum Gasteiger partial charge on any atom is 0.394 e. The van der Waals surface area contributed by atoms with E-state index in [0.29, 0.717) is 0 Å². The summed E-state index contributed by atoms with van der Waals surface area (Å²) in [7, 11) is -4.67. The van der Waals surface area contributed by atoms with Gasteiger partial charge in [-0.1, -0.05) is 0 Å². The molecule has 0 rings (SSSR count). The minimum Gasteiger partial charge on any atom is -0.397 e. The molecule has 8 heteroatoms. The Kier molecular flexibility index (Phi) is 18.9. The molecule has 7 nitrogen and oxygen atoms in total. The summed E-state index contributed by atoms with van der Waals surface area (Å²) in [6, 6.07) is 0. The molecule has 0 aromatic rings. The molecule has 10 heavy (non-hydrogen) atoms. The van der Waals surface area contributed by atoms with Crippen molar-refractivity contribution in [3.8, 4) is 0 Å². The number of aliphatic hydroxyl groups excluding tert-OH is 1. The number of hydrogen-bond acceptors (Lipinski definition) is 5. The Labute approximate surface area is 59.2 Å². The highest BCUT2D eigenvalue weighted by Gasteiger charge is 1.84. The molecule has 0 aromatic heterocycles. The summed E-state index contributed by atoms with van der Waals surface area (Å²) in [5.74, 6) is 8.00. The molecule has 0 aliphatic rings. The van der Waals surface area contributed by atoms with Gasteiger partial charge in [-0.15, -0.1) is 0 Å². The van der Waals surface area contributed by atoms with Gasteiger partial charge in [0.25, 0.3) is 0 Å². The van der Waals surface area contributed by atoms with Crippen molar-refractivity contribution in [2.75, 3.05) is 6.61 Å². The molecule has 0 atom stereocenters. The van der Waals surface area contributed by atoms with Gasteiger partial charge in [0.1, 0.15) is 0 Å². The van der Waals surface area contributed by atoms with Crippen molar-refractivity contribution in [1.29, 1.82) is 0 Å². The number of nitrogens with two attached hydrogens (primary N) is 2. The zero-order chi connectivity index (χ0) is 9.21. The highest BCUT2D eigenvalue weighted by atomic mass is 32.3. The minimum atomic E-state index is -4.67. The molecule has 0 saturated heterocycles. The van der Waals surface area contributed by atoms with Crippen LogP contribution in [0.4, 0.5) is 0 Å². The van der Waals surface area contributed by atoms with Gasteiger partial charge in [-0.25, -0.2) is 0 Å². The van der Waals surface area contributed by atoms with Gasteiger partial charge >= 0.3 is 10.4 Å². The highest BCUT2D eigenvalue weighted by molar-refractivity contribution is 7.79. The van der Waals surface area contributed by atoms with Crippen LogP contribution >= 0.6 is 0 Å². The normalized spacial score (nSPS) is 8.20. The first-order chi connectivity index (χ1) is 4.41. The lowest BCUT2D eigenvalue weighted by molar-refractivity contribution is 0.318. The van der Waals surface area contributed by atoms with E-state index >= 15 is 0 Å². The average molecular weight is 176 g/mol.